The predicted molar refractivity (Wildman–Crippen MR) is 121 cm³/mol. The molecule has 0 radical (unpaired) electrons. The number of rotatable bonds is 4. The summed E-state index contributed by atoms with van der Waals surface area (Å²) in [6, 6.07) is 6.62. The molecule has 2 aliphatic heterocycles. The van der Waals surface area contributed by atoms with Crippen molar-refractivity contribution in [2.75, 3.05) is 71.0 Å². The molecule has 0 N–H and O–H groups in total. The first-order valence-electron chi connectivity index (χ1n) is 11.1. The van der Waals surface area contributed by atoms with E-state index >= 15 is 0 Å². The first-order valence-corrected chi connectivity index (χ1v) is 11.1. The van der Waals surface area contributed by atoms with E-state index in [2.05, 4.69) is 58.4 Å². The van der Waals surface area contributed by atoms with Gasteiger partial charge in [-0.05, 0) is 32.5 Å². The summed E-state index contributed by atoms with van der Waals surface area (Å²) in [5, 5.41) is 1.20. The van der Waals surface area contributed by atoms with Crippen LogP contribution in [0.3, 0.4) is 0 Å². The van der Waals surface area contributed by atoms with Crippen LogP contribution in [-0.2, 0) is 11.3 Å². The number of benzene rings is 1. The summed E-state index contributed by atoms with van der Waals surface area (Å²) in [7, 11) is 2.19. The highest BCUT2D eigenvalue weighted by molar-refractivity contribution is 6.07. The van der Waals surface area contributed by atoms with Crippen molar-refractivity contribution in [1.82, 2.24) is 24.3 Å². The number of aromatic nitrogens is 3. The molecule has 30 heavy (non-hydrogen) atoms. The Morgan fingerprint density at radius 2 is 1.70 bits per heavy atom. The number of likely N-dealkylation sites (N-methyl/N-ethyl adjacent to an activating group) is 1. The van der Waals surface area contributed by atoms with Crippen LogP contribution in [0.2, 0.25) is 0 Å². The number of nitrogens with zero attached hydrogens (tertiary/aromatic N) is 6. The minimum atomic E-state index is 0.837. The summed E-state index contributed by atoms with van der Waals surface area (Å²) in [6.07, 6.45) is 0. The number of fused-ring (bicyclic) bond motifs is 3. The second-order valence-electron chi connectivity index (χ2n) is 8.71. The molecule has 7 heteroatoms. The summed E-state index contributed by atoms with van der Waals surface area (Å²) in [4.78, 5) is 17.5. The molecule has 7 nitrogen and oxygen atoms in total. The zero-order valence-electron chi connectivity index (χ0n) is 18.4. The Hall–Kier alpha value is -2.22. The highest BCUT2D eigenvalue weighted by atomic mass is 16.5. The number of aryl methyl sites for hydroxylation is 2. The Morgan fingerprint density at radius 1 is 0.933 bits per heavy atom. The Labute approximate surface area is 178 Å². The number of morpholine rings is 1. The Morgan fingerprint density at radius 3 is 2.47 bits per heavy atom. The molecule has 3 aromatic rings. The monoisotopic (exact) mass is 408 g/mol. The van der Waals surface area contributed by atoms with E-state index in [1.165, 1.54) is 16.5 Å². The first-order chi connectivity index (χ1) is 14.6. The predicted octanol–water partition coefficient (Wildman–Crippen LogP) is 2.29. The zero-order chi connectivity index (χ0) is 20.7. The summed E-state index contributed by atoms with van der Waals surface area (Å²) in [5.74, 6) is 2.12. The van der Waals surface area contributed by atoms with Gasteiger partial charge in [0.15, 0.2) is 5.82 Å². The molecule has 0 spiro atoms. The summed E-state index contributed by atoms with van der Waals surface area (Å²) >= 11 is 0. The maximum Gasteiger partial charge on any atom is 0.157 e. The van der Waals surface area contributed by atoms with Gasteiger partial charge in [-0.1, -0.05) is 12.1 Å². The number of pyridine rings is 1. The van der Waals surface area contributed by atoms with Crippen LogP contribution in [-0.4, -0.2) is 90.4 Å². The quantitative estimate of drug-likeness (QED) is 0.660. The summed E-state index contributed by atoms with van der Waals surface area (Å²) in [6.45, 7) is 14.1. The number of hydrogen-bond acceptors (Lipinski definition) is 6. The van der Waals surface area contributed by atoms with Crippen molar-refractivity contribution in [3.8, 4) is 0 Å². The molecule has 0 unspecified atom stereocenters. The normalized spacial score (nSPS) is 19.2. The fourth-order valence-corrected chi connectivity index (χ4v) is 4.67. The van der Waals surface area contributed by atoms with Gasteiger partial charge in [-0.25, -0.2) is 9.97 Å². The van der Waals surface area contributed by atoms with E-state index in [0.717, 1.165) is 88.2 Å². The smallest absolute Gasteiger partial charge is 0.157 e. The largest absolute Gasteiger partial charge is 0.379 e. The van der Waals surface area contributed by atoms with Crippen molar-refractivity contribution in [3.05, 3.63) is 29.6 Å². The van der Waals surface area contributed by atoms with Gasteiger partial charge in [0.05, 0.1) is 24.2 Å². The molecule has 0 saturated carbocycles. The number of hydrogen-bond donors (Lipinski definition) is 0. The molecule has 0 amide bonds. The fourth-order valence-electron chi connectivity index (χ4n) is 4.67. The molecule has 2 fully saturated rings. The molecule has 2 aliphatic rings. The lowest BCUT2D eigenvalue weighted by Gasteiger charge is -2.33. The van der Waals surface area contributed by atoms with Crippen LogP contribution in [0.5, 0.6) is 0 Å². The molecule has 4 heterocycles. The average Bonchev–Trinajstić information content (AvgIpc) is 3.09. The number of anilines is 1. The van der Waals surface area contributed by atoms with E-state index in [9.17, 15) is 0 Å². The molecule has 1 aromatic carbocycles. The van der Waals surface area contributed by atoms with Gasteiger partial charge in [-0.3, -0.25) is 4.90 Å². The van der Waals surface area contributed by atoms with Gasteiger partial charge in [0.25, 0.3) is 0 Å². The molecule has 2 saturated heterocycles. The molecular formula is C23H32N6O. The third-order valence-electron chi connectivity index (χ3n) is 6.55. The van der Waals surface area contributed by atoms with E-state index in [0.29, 0.717) is 0 Å². The fraction of sp³-hybridized carbons (Fsp3) is 0.565. The maximum atomic E-state index is 5.51. The van der Waals surface area contributed by atoms with Gasteiger partial charge >= 0.3 is 0 Å². The van der Waals surface area contributed by atoms with Crippen molar-refractivity contribution in [3.63, 3.8) is 0 Å². The molecule has 0 bridgehead atoms. The molecule has 2 aromatic heterocycles. The standard InChI is InChI=1S/C23H32N6O/c1-17-4-5-19-20(16-17)25-23(28-9-6-26(3)7-10-28)21-22(19)29(18(2)24-21)11-8-27-12-14-30-15-13-27/h4-5,16H,6-15H2,1-3H3. The topological polar surface area (TPSA) is 49.7 Å². The lowest BCUT2D eigenvalue weighted by Crippen LogP contribution is -2.44. The lowest BCUT2D eigenvalue weighted by atomic mass is 10.1. The van der Waals surface area contributed by atoms with Gasteiger partial charge in [0, 0.05) is 57.7 Å². The zero-order valence-corrected chi connectivity index (χ0v) is 18.4. The van der Waals surface area contributed by atoms with Crippen LogP contribution in [0.25, 0.3) is 21.9 Å². The molecule has 0 aliphatic carbocycles. The first kappa shape index (κ1) is 19.7. The molecule has 0 atom stereocenters. The van der Waals surface area contributed by atoms with Gasteiger partial charge in [0.1, 0.15) is 11.3 Å². The lowest BCUT2D eigenvalue weighted by molar-refractivity contribution is 0.0364. The van der Waals surface area contributed by atoms with Crippen molar-refractivity contribution >= 4 is 27.8 Å². The maximum absolute atomic E-state index is 5.51. The van der Waals surface area contributed by atoms with Crippen LogP contribution < -0.4 is 4.90 Å². The van der Waals surface area contributed by atoms with Crippen LogP contribution in [0.1, 0.15) is 11.4 Å². The Balaban J connectivity index is 1.60. The van der Waals surface area contributed by atoms with Gasteiger partial charge in [-0.2, -0.15) is 0 Å². The van der Waals surface area contributed by atoms with Crippen molar-refractivity contribution in [1.29, 1.82) is 0 Å². The second-order valence-corrected chi connectivity index (χ2v) is 8.71. The van der Waals surface area contributed by atoms with Crippen LogP contribution in [0.4, 0.5) is 5.82 Å². The van der Waals surface area contributed by atoms with Crippen LogP contribution in [0.15, 0.2) is 18.2 Å². The second kappa shape index (κ2) is 8.13. The third-order valence-corrected chi connectivity index (χ3v) is 6.55. The van der Waals surface area contributed by atoms with E-state index < -0.39 is 0 Å². The van der Waals surface area contributed by atoms with Crippen LogP contribution >= 0.6 is 0 Å². The number of ether oxygens (including phenoxy) is 1. The van der Waals surface area contributed by atoms with Gasteiger partial charge in [0.2, 0.25) is 0 Å². The minimum Gasteiger partial charge on any atom is -0.379 e. The van der Waals surface area contributed by atoms with E-state index in [-0.39, 0.29) is 0 Å². The summed E-state index contributed by atoms with van der Waals surface area (Å²) < 4.78 is 7.92. The van der Waals surface area contributed by atoms with E-state index in [4.69, 9.17) is 14.7 Å². The third kappa shape index (κ3) is 3.66. The van der Waals surface area contributed by atoms with Crippen molar-refractivity contribution < 1.29 is 4.74 Å². The SMILES string of the molecule is Cc1ccc2c(c1)nc(N1CCN(C)CC1)c1nc(C)n(CCN3CCOCC3)c12. The highest BCUT2D eigenvalue weighted by Crippen LogP contribution is 2.33. The van der Waals surface area contributed by atoms with Gasteiger partial charge < -0.3 is 19.1 Å². The average molecular weight is 409 g/mol. The number of imidazole rings is 1. The Kier molecular flexibility index (Phi) is 5.35. The minimum absolute atomic E-state index is 0.837. The van der Waals surface area contributed by atoms with E-state index in [1.54, 1.807) is 0 Å². The molecule has 160 valence electrons. The molecular weight excluding hydrogens is 376 g/mol. The highest BCUT2D eigenvalue weighted by Gasteiger charge is 2.23. The molecule has 5 rings (SSSR count). The number of piperazine rings is 1. The van der Waals surface area contributed by atoms with Crippen LogP contribution in [0, 0.1) is 13.8 Å². The van der Waals surface area contributed by atoms with Crippen molar-refractivity contribution in [2.45, 2.75) is 20.4 Å². The Bertz CT molecular complexity index is 1050. The summed E-state index contributed by atoms with van der Waals surface area (Å²) in [5.41, 5.74) is 4.61. The van der Waals surface area contributed by atoms with Crippen molar-refractivity contribution in [2.24, 2.45) is 0 Å². The van der Waals surface area contributed by atoms with E-state index in [1.807, 2.05) is 0 Å². The van der Waals surface area contributed by atoms with Gasteiger partial charge in [-0.15, -0.1) is 0 Å².